The molecular weight excluding hydrogens is 178 g/mol. The van der Waals surface area contributed by atoms with Crippen molar-refractivity contribution in [2.45, 2.75) is 19.8 Å². The zero-order valence-corrected chi connectivity index (χ0v) is 8.84. The van der Waals surface area contributed by atoms with Crippen LogP contribution < -0.4 is 5.32 Å². The molecule has 1 aliphatic heterocycles. The number of amides is 1. The lowest BCUT2D eigenvalue weighted by atomic mass is 9.88. The first-order valence-electron chi connectivity index (χ1n) is 4.93. The highest BCUT2D eigenvalue weighted by atomic mass is 16.2. The molecule has 1 fully saturated rings. The molecule has 4 nitrogen and oxygen atoms in total. The number of hydrogen-bond acceptors (Lipinski definition) is 3. The van der Waals surface area contributed by atoms with Crippen molar-refractivity contribution in [2.24, 2.45) is 5.41 Å². The van der Waals surface area contributed by atoms with Crippen LogP contribution in [-0.2, 0) is 4.79 Å². The van der Waals surface area contributed by atoms with Crippen LogP contribution in [0.4, 0.5) is 0 Å². The largest absolute Gasteiger partial charge is 0.344 e. The van der Waals surface area contributed by atoms with E-state index in [0.29, 0.717) is 13.0 Å². The van der Waals surface area contributed by atoms with Gasteiger partial charge in [-0.1, -0.05) is 0 Å². The Morgan fingerprint density at radius 3 is 2.93 bits per heavy atom. The van der Waals surface area contributed by atoms with E-state index < -0.39 is 0 Å². The minimum absolute atomic E-state index is 0.151. The van der Waals surface area contributed by atoms with E-state index in [9.17, 15) is 4.79 Å². The fraction of sp³-hybridized carbons (Fsp3) is 0.800. The molecule has 14 heavy (non-hydrogen) atoms. The summed E-state index contributed by atoms with van der Waals surface area (Å²) in [5.74, 6) is 0.151. The predicted molar refractivity (Wildman–Crippen MR) is 53.5 cm³/mol. The standard InChI is InChI=1S/C10H17N3O/c1-10(4-6-12-8-10)9(14)13(2)7-3-5-11/h12H,3-4,6-8H2,1-2H3. The Kier molecular flexibility index (Phi) is 3.48. The number of carbonyl (C=O) groups is 1. The van der Waals surface area contributed by atoms with Gasteiger partial charge in [0.1, 0.15) is 0 Å². The summed E-state index contributed by atoms with van der Waals surface area (Å²) in [4.78, 5) is 13.6. The highest BCUT2D eigenvalue weighted by molar-refractivity contribution is 5.82. The Morgan fingerprint density at radius 1 is 1.71 bits per heavy atom. The van der Waals surface area contributed by atoms with E-state index in [4.69, 9.17) is 5.26 Å². The van der Waals surface area contributed by atoms with Crippen LogP contribution in [0.1, 0.15) is 19.8 Å². The summed E-state index contributed by atoms with van der Waals surface area (Å²) >= 11 is 0. The second-order valence-electron chi connectivity index (χ2n) is 4.12. The molecule has 1 atom stereocenters. The van der Waals surface area contributed by atoms with Crippen molar-refractivity contribution in [3.63, 3.8) is 0 Å². The molecule has 0 saturated carbocycles. The van der Waals surface area contributed by atoms with E-state index in [0.717, 1.165) is 19.5 Å². The van der Waals surface area contributed by atoms with Crippen molar-refractivity contribution in [3.8, 4) is 6.07 Å². The molecule has 1 unspecified atom stereocenters. The van der Waals surface area contributed by atoms with Gasteiger partial charge in [-0.2, -0.15) is 5.26 Å². The molecule has 78 valence electrons. The van der Waals surface area contributed by atoms with Crippen molar-refractivity contribution in [1.82, 2.24) is 10.2 Å². The third kappa shape index (κ3) is 2.24. The number of rotatable bonds is 3. The summed E-state index contributed by atoms with van der Waals surface area (Å²) in [6.45, 7) is 4.18. The summed E-state index contributed by atoms with van der Waals surface area (Å²) in [5.41, 5.74) is -0.260. The van der Waals surface area contributed by atoms with E-state index in [1.54, 1.807) is 11.9 Å². The third-order valence-electron chi connectivity index (χ3n) is 2.79. The van der Waals surface area contributed by atoms with Crippen LogP contribution in [0.25, 0.3) is 0 Å². The van der Waals surface area contributed by atoms with Gasteiger partial charge in [0.05, 0.1) is 17.9 Å². The molecule has 1 rings (SSSR count). The number of carbonyl (C=O) groups excluding carboxylic acids is 1. The van der Waals surface area contributed by atoms with Gasteiger partial charge < -0.3 is 10.2 Å². The Hall–Kier alpha value is -1.08. The monoisotopic (exact) mass is 195 g/mol. The van der Waals surface area contributed by atoms with E-state index in [2.05, 4.69) is 5.32 Å². The average molecular weight is 195 g/mol. The number of nitrogens with one attached hydrogen (secondary N) is 1. The fourth-order valence-corrected chi connectivity index (χ4v) is 1.78. The van der Waals surface area contributed by atoms with Crippen LogP contribution in [-0.4, -0.2) is 37.5 Å². The topological polar surface area (TPSA) is 56.1 Å². The molecule has 1 amide bonds. The van der Waals surface area contributed by atoms with Gasteiger partial charge >= 0.3 is 0 Å². The van der Waals surface area contributed by atoms with Crippen LogP contribution in [0.3, 0.4) is 0 Å². The Bertz CT molecular complexity index is 251. The maximum Gasteiger partial charge on any atom is 0.229 e. The molecule has 1 N–H and O–H groups in total. The zero-order chi connectivity index (χ0) is 10.6. The Balaban J connectivity index is 2.51. The molecule has 0 aromatic carbocycles. The first kappa shape index (κ1) is 11.0. The van der Waals surface area contributed by atoms with Crippen molar-refractivity contribution in [3.05, 3.63) is 0 Å². The van der Waals surface area contributed by atoms with Gasteiger partial charge in [0.25, 0.3) is 0 Å². The quantitative estimate of drug-likeness (QED) is 0.707. The third-order valence-corrected chi connectivity index (χ3v) is 2.79. The van der Waals surface area contributed by atoms with Gasteiger partial charge in [-0.15, -0.1) is 0 Å². The second-order valence-corrected chi connectivity index (χ2v) is 4.12. The molecule has 0 aromatic rings. The average Bonchev–Trinajstić information content (AvgIpc) is 2.61. The van der Waals surface area contributed by atoms with Crippen LogP contribution in [0.5, 0.6) is 0 Å². The highest BCUT2D eigenvalue weighted by Gasteiger charge is 2.37. The van der Waals surface area contributed by atoms with Crippen molar-refractivity contribution < 1.29 is 4.79 Å². The number of nitriles is 1. The van der Waals surface area contributed by atoms with Crippen molar-refractivity contribution in [2.75, 3.05) is 26.7 Å². The van der Waals surface area contributed by atoms with Gasteiger partial charge in [-0.3, -0.25) is 4.79 Å². The van der Waals surface area contributed by atoms with Gasteiger partial charge in [-0.05, 0) is 19.9 Å². The van der Waals surface area contributed by atoms with Crippen LogP contribution in [0.2, 0.25) is 0 Å². The van der Waals surface area contributed by atoms with Crippen LogP contribution in [0, 0.1) is 16.7 Å². The maximum atomic E-state index is 11.9. The summed E-state index contributed by atoms with van der Waals surface area (Å²) < 4.78 is 0. The molecule has 1 heterocycles. The van der Waals surface area contributed by atoms with E-state index >= 15 is 0 Å². The van der Waals surface area contributed by atoms with Gasteiger partial charge in [-0.25, -0.2) is 0 Å². The fourth-order valence-electron chi connectivity index (χ4n) is 1.78. The Morgan fingerprint density at radius 2 is 2.43 bits per heavy atom. The first-order chi connectivity index (χ1) is 6.60. The predicted octanol–water partition coefficient (Wildman–Crippen LogP) is 0.358. The van der Waals surface area contributed by atoms with E-state index in [-0.39, 0.29) is 11.3 Å². The first-order valence-corrected chi connectivity index (χ1v) is 4.93. The molecule has 0 aromatic heterocycles. The van der Waals surface area contributed by atoms with Crippen molar-refractivity contribution >= 4 is 5.91 Å². The van der Waals surface area contributed by atoms with Gasteiger partial charge in [0, 0.05) is 20.1 Å². The second kappa shape index (κ2) is 4.43. The maximum absolute atomic E-state index is 11.9. The molecule has 1 aliphatic rings. The van der Waals surface area contributed by atoms with Gasteiger partial charge in [0.2, 0.25) is 5.91 Å². The molecule has 1 saturated heterocycles. The lowest BCUT2D eigenvalue weighted by Crippen LogP contribution is -2.41. The number of nitrogens with zero attached hydrogens (tertiary/aromatic N) is 2. The SMILES string of the molecule is CN(CCC#N)C(=O)C1(C)CCNC1. The molecule has 0 spiro atoms. The smallest absolute Gasteiger partial charge is 0.229 e. The molecule has 0 aliphatic carbocycles. The van der Waals surface area contributed by atoms with Crippen LogP contribution >= 0.6 is 0 Å². The molecular formula is C10H17N3O. The van der Waals surface area contributed by atoms with Gasteiger partial charge in [0.15, 0.2) is 0 Å². The van der Waals surface area contributed by atoms with E-state index in [1.165, 1.54) is 0 Å². The minimum atomic E-state index is -0.260. The summed E-state index contributed by atoms with van der Waals surface area (Å²) in [6, 6.07) is 2.05. The highest BCUT2D eigenvalue weighted by Crippen LogP contribution is 2.26. The Labute approximate surface area is 84.9 Å². The molecule has 4 heteroatoms. The molecule has 0 bridgehead atoms. The summed E-state index contributed by atoms with van der Waals surface area (Å²) in [6.07, 6.45) is 1.30. The molecule has 0 radical (unpaired) electrons. The summed E-state index contributed by atoms with van der Waals surface area (Å²) in [5, 5.41) is 11.6. The summed E-state index contributed by atoms with van der Waals surface area (Å²) in [7, 11) is 1.77. The lowest BCUT2D eigenvalue weighted by Gasteiger charge is -2.27. The minimum Gasteiger partial charge on any atom is -0.344 e. The van der Waals surface area contributed by atoms with E-state index in [1.807, 2.05) is 13.0 Å². The number of hydrogen-bond donors (Lipinski definition) is 1. The zero-order valence-electron chi connectivity index (χ0n) is 8.84. The normalized spacial score (nSPS) is 25.8. The lowest BCUT2D eigenvalue weighted by molar-refractivity contribution is -0.138. The van der Waals surface area contributed by atoms with Crippen LogP contribution in [0.15, 0.2) is 0 Å². The van der Waals surface area contributed by atoms with Crippen molar-refractivity contribution in [1.29, 1.82) is 5.26 Å².